The number of benzene rings is 1. The predicted octanol–water partition coefficient (Wildman–Crippen LogP) is 1.51. The number of nitrogens with one attached hydrogen (secondary N) is 1. The molecule has 0 bridgehead atoms. The van der Waals surface area contributed by atoms with Crippen LogP contribution < -0.4 is 5.32 Å². The highest BCUT2D eigenvalue weighted by molar-refractivity contribution is 7.89. The maximum atomic E-state index is 13.2. The van der Waals surface area contributed by atoms with Crippen molar-refractivity contribution in [1.82, 2.24) is 9.62 Å². The van der Waals surface area contributed by atoms with Gasteiger partial charge in [-0.15, -0.1) is 0 Å². The van der Waals surface area contributed by atoms with Crippen LogP contribution in [0.1, 0.15) is 18.4 Å². The molecule has 1 aromatic carbocycles. The third kappa shape index (κ3) is 2.80. The van der Waals surface area contributed by atoms with E-state index in [0.29, 0.717) is 18.7 Å². The van der Waals surface area contributed by atoms with Crippen molar-refractivity contribution in [2.45, 2.75) is 30.7 Å². The molecule has 19 heavy (non-hydrogen) atoms. The second-order valence-electron chi connectivity index (χ2n) is 4.88. The quantitative estimate of drug-likeness (QED) is 0.912. The van der Waals surface area contributed by atoms with Gasteiger partial charge in [-0.3, -0.25) is 0 Å². The van der Waals surface area contributed by atoms with Crippen molar-refractivity contribution in [2.24, 2.45) is 0 Å². The topological polar surface area (TPSA) is 49.4 Å². The molecule has 6 heteroatoms. The molecule has 1 fully saturated rings. The summed E-state index contributed by atoms with van der Waals surface area (Å²) in [6.07, 6.45) is 1.73. The summed E-state index contributed by atoms with van der Waals surface area (Å²) in [5.74, 6) is -0.382. The van der Waals surface area contributed by atoms with Gasteiger partial charge in [-0.2, -0.15) is 4.31 Å². The third-order valence-electron chi connectivity index (χ3n) is 3.50. The normalized spacial score (nSPS) is 20.9. The van der Waals surface area contributed by atoms with Crippen molar-refractivity contribution in [2.75, 3.05) is 20.1 Å². The summed E-state index contributed by atoms with van der Waals surface area (Å²) in [6, 6.07) is 3.94. The molecule has 0 radical (unpaired) electrons. The summed E-state index contributed by atoms with van der Waals surface area (Å²) in [6.45, 7) is 2.74. The summed E-state index contributed by atoms with van der Waals surface area (Å²) in [7, 11) is -1.71. The summed E-state index contributed by atoms with van der Waals surface area (Å²) in [4.78, 5) is 0.175. The molecule has 0 saturated carbocycles. The number of likely N-dealkylation sites (N-methyl/N-ethyl adjacent to an activating group) is 1. The van der Waals surface area contributed by atoms with Crippen LogP contribution in [0.25, 0.3) is 0 Å². The Bertz CT molecular complexity index is 560. The highest BCUT2D eigenvalue weighted by Gasteiger charge is 2.34. The van der Waals surface area contributed by atoms with Crippen LogP contribution in [0.3, 0.4) is 0 Å². The number of rotatable bonds is 4. The largest absolute Gasteiger partial charge is 0.318 e. The lowest BCUT2D eigenvalue weighted by molar-refractivity contribution is 0.379. The van der Waals surface area contributed by atoms with Gasteiger partial charge in [0.2, 0.25) is 10.0 Å². The molecule has 1 aliphatic rings. The minimum atomic E-state index is -3.52. The van der Waals surface area contributed by atoms with Gasteiger partial charge in [0.25, 0.3) is 0 Å². The predicted molar refractivity (Wildman–Crippen MR) is 72.0 cm³/mol. The minimum Gasteiger partial charge on any atom is -0.318 e. The van der Waals surface area contributed by atoms with Crippen LogP contribution in [-0.4, -0.2) is 38.9 Å². The Morgan fingerprint density at radius 2 is 2.21 bits per heavy atom. The van der Waals surface area contributed by atoms with Crippen molar-refractivity contribution < 1.29 is 12.8 Å². The van der Waals surface area contributed by atoms with Crippen molar-refractivity contribution in [3.05, 3.63) is 29.6 Å². The van der Waals surface area contributed by atoms with E-state index in [1.165, 1.54) is 22.5 Å². The lowest BCUT2D eigenvalue weighted by atomic mass is 10.2. The molecule has 1 saturated heterocycles. The molecule has 106 valence electrons. The molecule has 1 heterocycles. The smallest absolute Gasteiger partial charge is 0.243 e. The van der Waals surface area contributed by atoms with Crippen molar-refractivity contribution in [3.8, 4) is 0 Å². The number of hydrogen-bond donors (Lipinski definition) is 1. The number of hydrogen-bond acceptors (Lipinski definition) is 3. The SMILES string of the molecule is CNC[C@H]1CCCN1S(=O)(=O)c1ccc(F)c(C)c1. The van der Waals surface area contributed by atoms with Gasteiger partial charge in [0.1, 0.15) is 5.82 Å². The molecule has 0 amide bonds. The highest BCUT2D eigenvalue weighted by Crippen LogP contribution is 2.26. The Kier molecular flexibility index (Phi) is 4.23. The summed E-state index contributed by atoms with van der Waals surface area (Å²) in [5.41, 5.74) is 0.352. The van der Waals surface area contributed by atoms with E-state index in [-0.39, 0.29) is 16.8 Å². The molecule has 2 rings (SSSR count). The van der Waals surface area contributed by atoms with Crippen molar-refractivity contribution in [1.29, 1.82) is 0 Å². The first-order valence-electron chi connectivity index (χ1n) is 6.39. The van der Waals surface area contributed by atoms with Crippen LogP contribution in [0, 0.1) is 12.7 Å². The molecule has 0 unspecified atom stereocenters. The Morgan fingerprint density at radius 3 is 2.84 bits per heavy atom. The third-order valence-corrected chi connectivity index (χ3v) is 5.45. The Morgan fingerprint density at radius 1 is 1.47 bits per heavy atom. The van der Waals surface area contributed by atoms with E-state index in [9.17, 15) is 12.8 Å². The Balaban J connectivity index is 2.33. The van der Waals surface area contributed by atoms with Gasteiger partial charge >= 0.3 is 0 Å². The highest BCUT2D eigenvalue weighted by atomic mass is 32.2. The number of halogens is 1. The van der Waals surface area contributed by atoms with E-state index >= 15 is 0 Å². The van der Waals surface area contributed by atoms with Crippen LogP contribution in [0.5, 0.6) is 0 Å². The first-order chi connectivity index (χ1) is 8.96. The fraction of sp³-hybridized carbons (Fsp3) is 0.538. The number of nitrogens with zero attached hydrogens (tertiary/aromatic N) is 1. The molecule has 1 aromatic rings. The van der Waals surface area contributed by atoms with E-state index in [2.05, 4.69) is 5.32 Å². The molecular formula is C13H19FN2O2S. The van der Waals surface area contributed by atoms with E-state index in [1.807, 2.05) is 7.05 Å². The van der Waals surface area contributed by atoms with Gasteiger partial charge in [-0.1, -0.05) is 0 Å². The molecule has 1 aliphatic heterocycles. The maximum Gasteiger partial charge on any atom is 0.243 e. The zero-order valence-electron chi connectivity index (χ0n) is 11.2. The Labute approximate surface area is 113 Å². The minimum absolute atomic E-state index is 0.0136. The molecule has 4 nitrogen and oxygen atoms in total. The van der Waals surface area contributed by atoms with Gasteiger partial charge in [-0.05, 0) is 50.6 Å². The van der Waals surface area contributed by atoms with E-state index in [0.717, 1.165) is 12.8 Å². The second kappa shape index (κ2) is 5.56. The van der Waals surface area contributed by atoms with Crippen LogP contribution in [0.15, 0.2) is 23.1 Å². The second-order valence-corrected chi connectivity index (χ2v) is 6.77. The maximum absolute atomic E-state index is 13.2. The zero-order valence-corrected chi connectivity index (χ0v) is 12.0. The molecule has 1 atom stereocenters. The van der Waals surface area contributed by atoms with Crippen molar-refractivity contribution in [3.63, 3.8) is 0 Å². The van der Waals surface area contributed by atoms with E-state index in [1.54, 1.807) is 6.92 Å². The first-order valence-corrected chi connectivity index (χ1v) is 7.83. The average Bonchev–Trinajstić information content (AvgIpc) is 2.82. The lowest BCUT2D eigenvalue weighted by Gasteiger charge is -2.24. The molecule has 0 aliphatic carbocycles. The van der Waals surface area contributed by atoms with E-state index < -0.39 is 10.0 Å². The van der Waals surface area contributed by atoms with Crippen molar-refractivity contribution >= 4 is 10.0 Å². The van der Waals surface area contributed by atoms with Gasteiger partial charge in [-0.25, -0.2) is 12.8 Å². The van der Waals surface area contributed by atoms with E-state index in [4.69, 9.17) is 0 Å². The number of aryl methyl sites for hydroxylation is 1. The lowest BCUT2D eigenvalue weighted by Crippen LogP contribution is -2.40. The Hall–Kier alpha value is -0.980. The van der Waals surface area contributed by atoms with Crippen LogP contribution in [0.4, 0.5) is 4.39 Å². The summed E-state index contributed by atoms with van der Waals surface area (Å²) < 4.78 is 39.9. The van der Waals surface area contributed by atoms with Gasteiger partial charge in [0.15, 0.2) is 0 Å². The fourth-order valence-corrected chi connectivity index (χ4v) is 4.26. The van der Waals surface area contributed by atoms with Gasteiger partial charge in [0, 0.05) is 19.1 Å². The van der Waals surface area contributed by atoms with Gasteiger partial charge < -0.3 is 5.32 Å². The molecule has 1 N–H and O–H groups in total. The summed E-state index contributed by atoms with van der Waals surface area (Å²) >= 11 is 0. The monoisotopic (exact) mass is 286 g/mol. The average molecular weight is 286 g/mol. The standard InChI is InChI=1S/C13H19FN2O2S/c1-10-8-12(5-6-13(10)14)19(17,18)16-7-3-4-11(16)9-15-2/h5-6,8,11,15H,3-4,7,9H2,1-2H3/t11-/m1/s1. The van der Waals surface area contributed by atoms with Crippen LogP contribution >= 0.6 is 0 Å². The zero-order chi connectivity index (χ0) is 14.0. The summed E-state index contributed by atoms with van der Waals surface area (Å²) in [5, 5.41) is 3.02. The number of sulfonamides is 1. The first kappa shape index (κ1) is 14.4. The fourth-order valence-electron chi connectivity index (χ4n) is 2.48. The van der Waals surface area contributed by atoms with Crippen LogP contribution in [-0.2, 0) is 10.0 Å². The molecular weight excluding hydrogens is 267 g/mol. The van der Waals surface area contributed by atoms with Crippen LogP contribution in [0.2, 0.25) is 0 Å². The molecule has 0 spiro atoms. The molecule has 0 aromatic heterocycles. The van der Waals surface area contributed by atoms with Gasteiger partial charge in [0.05, 0.1) is 4.90 Å².